The number of benzene rings is 2. The van der Waals surface area contributed by atoms with Gasteiger partial charge in [0.2, 0.25) is 0 Å². The Morgan fingerprint density at radius 3 is 2.74 bits per heavy atom. The van der Waals surface area contributed by atoms with E-state index in [2.05, 4.69) is 43.2 Å². The van der Waals surface area contributed by atoms with Crippen LogP contribution in [-0.2, 0) is 24.3 Å². The van der Waals surface area contributed by atoms with Crippen molar-refractivity contribution in [2.75, 3.05) is 6.54 Å². The zero-order chi connectivity index (χ0) is 22.2. The summed E-state index contributed by atoms with van der Waals surface area (Å²) in [6.07, 6.45) is 2.40. The van der Waals surface area contributed by atoms with Crippen LogP contribution in [0.1, 0.15) is 57.4 Å². The number of carbonyl (C=O) groups is 1. The monoisotopic (exact) mass is 421 g/mol. The van der Waals surface area contributed by atoms with E-state index >= 15 is 0 Å². The zero-order valence-corrected chi connectivity index (χ0v) is 19.0. The average molecular weight is 422 g/mol. The molecule has 2 heterocycles. The molecule has 0 saturated carbocycles. The molecule has 0 N–H and O–H groups in total. The molecule has 164 valence electrons. The van der Waals surface area contributed by atoms with Crippen molar-refractivity contribution in [3.05, 3.63) is 59.3 Å². The maximum absolute atomic E-state index is 12.4. The highest BCUT2D eigenvalue weighted by Crippen LogP contribution is 2.30. The van der Waals surface area contributed by atoms with Gasteiger partial charge >= 0.3 is 6.09 Å². The largest absolute Gasteiger partial charge is 0.489 e. The second-order valence-electron chi connectivity index (χ2n) is 9.41. The molecule has 3 aromatic rings. The van der Waals surface area contributed by atoms with Crippen LogP contribution in [0.25, 0.3) is 10.9 Å². The van der Waals surface area contributed by atoms with Gasteiger partial charge < -0.3 is 14.4 Å². The molecule has 0 radical (unpaired) electrons. The number of nitrogens with zero attached hydrogens (tertiary/aromatic N) is 3. The maximum Gasteiger partial charge on any atom is 0.410 e. The third-order valence-corrected chi connectivity index (χ3v) is 5.42. The van der Waals surface area contributed by atoms with E-state index in [0.717, 1.165) is 34.2 Å². The Morgan fingerprint density at radius 1 is 1.19 bits per heavy atom. The molecule has 1 aliphatic rings. The van der Waals surface area contributed by atoms with Crippen molar-refractivity contribution in [2.24, 2.45) is 0 Å². The fourth-order valence-corrected chi connectivity index (χ4v) is 3.96. The van der Waals surface area contributed by atoms with E-state index in [0.29, 0.717) is 25.7 Å². The van der Waals surface area contributed by atoms with E-state index in [4.69, 9.17) is 9.47 Å². The van der Waals surface area contributed by atoms with Crippen molar-refractivity contribution >= 4 is 17.0 Å². The Labute approximate surface area is 183 Å². The number of carbonyl (C=O) groups excluding carboxylic acids is 1. The Balaban J connectivity index is 1.46. The molecule has 1 amide bonds. The molecule has 6 heteroatoms. The van der Waals surface area contributed by atoms with E-state index in [-0.39, 0.29) is 6.09 Å². The lowest BCUT2D eigenvalue weighted by molar-refractivity contribution is 0.0223. The summed E-state index contributed by atoms with van der Waals surface area (Å²) in [5.74, 6) is 0.888. The van der Waals surface area contributed by atoms with Crippen LogP contribution in [0, 0.1) is 0 Å². The normalized spacial score (nSPS) is 14.1. The fraction of sp³-hybridized carbons (Fsp3) is 0.440. The fourth-order valence-electron chi connectivity index (χ4n) is 3.96. The number of aromatic nitrogens is 2. The molecule has 6 nitrogen and oxygen atoms in total. The SMILES string of the molecule is CC(C)n1ncc2cc(COc3cccc4c3CCN(C(=O)OC(C)(C)C)C4)ccc21. The molecule has 0 atom stereocenters. The van der Waals surface area contributed by atoms with Crippen LogP contribution >= 0.6 is 0 Å². The average Bonchev–Trinajstić information content (AvgIpc) is 3.14. The summed E-state index contributed by atoms with van der Waals surface area (Å²) in [7, 11) is 0. The van der Waals surface area contributed by atoms with Crippen LogP contribution in [0.5, 0.6) is 5.75 Å². The second kappa shape index (κ2) is 8.25. The lowest BCUT2D eigenvalue weighted by Crippen LogP contribution is -2.40. The van der Waals surface area contributed by atoms with Gasteiger partial charge in [-0.3, -0.25) is 4.68 Å². The van der Waals surface area contributed by atoms with Crippen LogP contribution in [0.15, 0.2) is 42.6 Å². The topological polar surface area (TPSA) is 56.6 Å². The molecule has 31 heavy (non-hydrogen) atoms. The van der Waals surface area contributed by atoms with Gasteiger partial charge in [0.15, 0.2) is 0 Å². The number of ether oxygens (including phenoxy) is 2. The number of hydrogen-bond acceptors (Lipinski definition) is 4. The van der Waals surface area contributed by atoms with Crippen molar-refractivity contribution in [1.82, 2.24) is 14.7 Å². The summed E-state index contributed by atoms with van der Waals surface area (Å²) >= 11 is 0. The van der Waals surface area contributed by atoms with Gasteiger partial charge in [0.05, 0.1) is 11.7 Å². The highest BCUT2D eigenvalue weighted by Gasteiger charge is 2.27. The van der Waals surface area contributed by atoms with Crippen molar-refractivity contribution in [2.45, 2.75) is 65.8 Å². The van der Waals surface area contributed by atoms with Gasteiger partial charge in [-0.05, 0) is 70.4 Å². The minimum atomic E-state index is -0.491. The Morgan fingerprint density at radius 2 is 2.00 bits per heavy atom. The second-order valence-corrected chi connectivity index (χ2v) is 9.41. The van der Waals surface area contributed by atoms with Crippen molar-refractivity contribution in [1.29, 1.82) is 0 Å². The summed E-state index contributed by atoms with van der Waals surface area (Å²) in [6, 6.07) is 12.7. The lowest BCUT2D eigenvalue weighted by atomic mass is 9.99. The zero-order valence-electron chi connectivity index (χ0n) is 19.0. The van der Waals surface area contributed by atoms with Crippen LogP contribution in [0.2, 0.25) is 0 Å². The van der Waals surface area contributed by atoms with Gasteiger partial charge in [-0.25, -0.2) is 4.79 Å². The molecule has 0 fully saturated rings. The van der Waals surface area contributed by atoms with Gasteiger partial charge in [0.25, 0.3) is 0 Å². The van der Waals surface area contributed by atoms with Gasteiger partial charge in [-0.2, -0.15) is 5.10 Å². The van der Waals surface area contributed by atoms with Crippen LogP contribution in [0.3, 0.4) is 0 Å². The van der Waals surface area contributed by atoms with Crippen LogP contribution in [0.4, 0.5) is 4.79 Å². The van der Waals surface area contributed by atoms with Gasteiger partial charge in [0, 0.05) is 30.1 Å². The highest BCUT2D eigenvalue weighted by molar-refractivity contribution is 5.79. The van der Waals surface area contributed by atoms with E-state index in [9.17, 15) is 4.79 Å². The molecule has 0 aliphatic carbocycles. The van der Waals surface area contributed by atoms with Gasteiger partial charge in [-0.15, -0.1) is 0 Å². The molecular formula is C25H31N3O3. The first-order valence-corrected chi connectivity index (χ1v) is 10.9. The van der Waals surface area contributed by atoms with E-state index in [1.807, 2.05) is 43.8 Å². The van der Waals surface area contributed by atoms with Gasteiger partial charge in [-0.1, -0.05) is 18.2 Å². The first kappa shape index (κ1) is 21.2. The lowest BCUT2D eigenvalue weighted by Gasteiger charge is -2.31. The summed E-state index contributed by atoms with van der Waals surface area (Å²) in [5.41, 5.74) is 4.05. The minimum absolute atomic E-state index is 0.264. The summed E-state index contributed by atoms with van der Waals surface area (Å²) in [4.78, 5) is 14.2. The summed E-state index contributed by atoms with van der Waals surface area (Å²) in [5, 5.41) is 5.61. The third kappa shape index (κ3) is 4.68. The van der Waals surface area contributed by atoms with Gasteiger partial charge in [0.1, 0.15) is 18.0 Å². The molecular weight excluding hydrogens is 390 g/mol. The number of amides is 1. The Bertz CT molecular complexity index is 1100. The molecule has 0 saturated heterocycles. The van der Waals surface area contributed by atoms with E-state index in [1.54, 1.807) is 4.90 Å². The smallest absolute Gasteiger partial charge is 0.410 e. The number of rotatable bonds is 4. The molecule has 4 rings (SSSR count). The van der Waals surface area contributed by atoms with Crippen LogP contribution < -0.4 is 4.74 Å². The summed E-state index contributed by atoms with van der Waals surface area (Å²) < 4.78 is 13.8. The molecule has 0 bridgehead atoms. The minimum Gasteiger partial charge on any atom is -0.489 e. The number of hydrogen-bond donors (Lipinski definition) is 0. The standard InChI is InChI=1S/C25H31N3O3/c1-17(2)28-22-10-9-18(13-20(22)14-26-28)16-30-23-8-6-7-19-15-27(12-11-21(19)23)24(29)31-25(3,4)5/h6-10,13-14,17H,11-12,15-16H2,1-5H3. The molecule has 2 aromatic carbocycles. The Hall–Kier alpha value is -3.02. The van der Waals surface area contributed by atoms with E-state index < -0.39 is 5.60 Å². The predicted octanol–water partition coefficient (Wildman–Crippen LogP) is 5.49. The maximum atomic E-state index is 12.4. The third-order valence-electron chi connectivity index (χ3n) is 5.42. The van der Waals surface area contributed by atoms with Crippen LogP contribution in [-0.4, -0.2) is 32.9 Å². The summed E-state index contributed by atoms with van der Waals surface area (Å²) in [6.45, 7) is 11.6. The highest BCUT2D eigenvalue weighted by atomic mass is 16.6. The number of fused-ring (bicyclic) bond motifs is 2. The first-order valence-electron chi connectivity index (χ1n) is 10.9. The Kier molecular flexibility index (Phi) is 5.65. The molecule has 0 unspecified atom stereocenters. The van der Waals surface area contributed by atoms with Crippen molar-refractivity contribution < 1.29 is 14.3 Å². The van der Waals surface area contributed by atoms with Crippen molar-refractivity contribution in [3.8, 4) is 5.75 Å². The van der Waals surface area contributed by atoms with E-state index in [1.165, 1.54) is 5.56 Å². The quantitative estimate of drug-likeness (QED) is 0.559. The van der Waals surface area contributed by atoms with Crippen molar-refractivity contribution in [3.63, 3.8) is 0 Å². The predicted molar refractivity (Wildman–Crippen MR) is 121 cm³/mol. The molecule has 0 spiro atoms. The molecule has 1 aromatic heterocycles. The first-order chi connectivity index (χ1) is 14.7. The molecule has 1 aliphatic heterocycles.